The maximum Gasteiger partial charge on any atom is 0.290 e. The van der Waals surface area contributed by atoms with Gasteiger partial charge in [0.05, 0.1) is 6.04 Å². The second-order valence-corrected chi connectivity index (χ2v) is 6.57. The molecule has 1 aliphatic heterocycles. The Kier molecular flexibility index (Phi) is 3.44. The van der Waals surface area contributed by atoms with E-state index in [9.17, 15) is 4.79 Å². The number of likely N-dealkylation sites (tertiary alicyclic amines) is 1. The van der Waals surface area contributed by atoms with Gasteiger partial charge in [0.2, 0.25) is 0 Å². The second-order valence-electron chi connectivity index (χ2n) is 6.57. The second kappa shape index (κ2) is 5.51. The van der Waals surface area contributed by atoms with Crippen LogP contribution in [0.25, 0.3) is 11.0 Å². The van der Waals surface area contributed by atoms with Crippen molar-refractivity contribution in [3.63, 3.8) is 0 Å². The monoisotopic (exact) mass is 324 g/mol. The molecule has 0 bridgehead atoms. The maximum absolute atomic E-state index is 13.1. The molecule has 124 valence electrons. The topological polar surface area (TPSA) is 59.5 Å². The first-order valence-corrected chi connectivity index (χ1v) is 8.28. The first kappa shape index (κ1) is 15.0. The van der Waals surface area contributed by atoms with E-state index < -0.39 is 0 Å². The van der Waals surface area contributed by atoms with Crippen LogP contribution in [0.2, 0.25) is 0 Å². The molecule has 0 radical (unpaired) electrons. The van der Waals surface area contributed by atoms with Crippen molar-refractivity contribution in [1.82, 2.24) is 10.1 Å². The van der Waals surface area contributed by atoms with Gasteiger partial charge < -0.3 is 13.8 Å². The molecule has 0 N–H and O–H groups in total. The SMILES string of the molecule is Cc1ccc2c(C)c(C(=O)N3CCC[C@@H]3c3cc(C)on3)oc2c1. The van der Waals surface area contributed by atoms with E-state index in [-0.39, 0.29) is 11.9 Å². The fraction of sp³-hybridized carbons (Fsp3) is 0.368. The summed E-state index contributed by atoms with van der Waals surface area (Å²) < 4.78 is 11.1. The highest BCUT2D eigenvalue weighted by Gasteiger charge is 2.35. The molecule has 1 amide bonds. The molecule has 1 aliphatic rings. The quantitative estimate of drug-likeness (QED) is 0.704. The third-order valence-electron chi connectivity index (χ3n) is 4.79. The molecule has 2 aromatic heterocycles. The Hall–Kier alpha value is -2.56. The predicted molar refractivity (Wildman–Crippen MR) is 89.9 cm³/mol. The van der Waals surface area contributed by atoms with E-state index in [0.717, 1.165) is 46.4 Å². The Bertz CT molecular complexity index is 922. The zero-order valence-electron chi connectivity index (χ0n) is 14.1. The van der Waals surface area contributed by atoms with Crippen LogP contribution < -0.4 is 0 Å². The van der Waals surface area contributed by atoms with Crippen LogP contribution in [-0.2, 0) is 0 Å². The summed E-state index contributed by atoms with van der Waals surface area (Å²) in [4.78, 5) is 14.9. The van der Waals surface area contributed by atoms with E-state index in [1.165, 1.54) is 0 Å². The van der Waals surface area contributed by atoms with Crippen molar-refractivity contribution >= 4 is 16.9 Å². The molecule has 1 atom stereocenters. The number of amides is 1. The van der Waals surface area contributed by atoms with Crippen LogP contribution in [0.15, 0.2) is 33.2 Å². The van der Waals surface area contributed by atoms with Gasteiger partial charge in [-0.25, -0.2) is 0 Å². The fourth-order valence-corrected chi connectivity index (χ4v) is 3.53. The molecule has 1 saturated heterocycles. The van der Waals surface area contributed by atoms with Crippen molar-refractivity contribution in [3.8, 4) is 0 Å². The Morgan fingerprint density at radius 2 is 2.08 bits per heavy atom. The summed E-state index contributed by atoms with van der Waals surface area (Å²) >= 11 is 0. The summed E-state index contributed by atoms with van der Waals surface area (Å²) in [7, 11) is 0. The number of benzene rings is 1. The lowest BCUT2D eigenvalue weighted by Crippen LogP contribution is -2.30. The molecular weight excluding hydrogens is 304 g/mol. The van der Waals surface area contributed by atoms with Crippen LogP contribution in [0, 0.1) is 20.8 Å². The summed E-state index contributed by atoms with van der Waals surface area (Å²) in [6, 6.07) is 7.90. The van der Waals surface area contributed by atoms with E-state index in [4.69, 9.17) is 8.94 Å². The average Bonchev–Trinajstić information content (AvgIpc) is 3.25. The molecule has 3 aromatic rings. The Balaban J connectivity index is 1.71. The van der Waals surface area contributed by atoms with Gasteiger partial charge in [-0.3, -0.25) is 4.79 Å². The Labute approximate surface area is 140 Å². The van der Waals surface area contributed by atoms with Gasteiger partial charge in [0.15, 0.2) is 5.76 Å². The van der Waals surface area contributed by atoms with Gasteiger partial charge in [-0.1, -0.05) is 17.3 Å². The number of hydrogen-bond donors (Lipinski definition) is 0. The fourth-order valence-electron chi connectivity index (χ4n) is 3.53. The summed E-state index contributed by atoms with van der Waals surface area (Å²) in [5, 5.41) is 5.10. The van der Waals surface area contributed by atoms with Crippen molar-refractivity contribution in [3.05, 3.63) is 52.6 Å². The maximum atomic E-state index is 13.1. The molecule has 0 unspecified atom stereocenters. The number of fused-ring (bicyclic) bond motifs is 1. The van der Waals surface area contributed by atoms with Crippen LogP contribution in [0.1, 0.15) is 52.0 Å². The first-order valence-electron chi connectivity index (χ1n) is 8.28. The van der Waals surface area contributed by atoms with E-state index in [0.29, 0.717) is 12.3 Å². The number of rotatable bonds is 2. The van der Waals surface area contributed by atoms with E-state index >= 15 is 0 Å². The van der Waals surface area contributed by atoms with Crippen LogP contribution in [0.4, 0.5) is 0 Å². The molecule has 0 aliphatic carbocycles. The minimum Gasteiger partial charge on any atom is -0.451 e. The lowest BCUT2D eigenvalue weighted by molar-refractivity contribution is 0.0700. The molecule has 5 nitrogen and oxygen atoms in total. The highest BCUT2D eigenvalue weighted by atomic mass is 16.5. The predicted octanol–water partition coefficient (Wildman–Crippen LogP) is 4.32. The molecule has 1 fully saturated rings. The zero-order chi connectivity index (χ0) is 16.8. The van der Waals surface area contributed by atoms with E-state index in [2.05, 4.69) is 5.16 Å². The summed E-state index contributed by atoms with van der Waals surface area (Å²) in [5.74, 6) is 1.13. The Morgan fingerprint density at radius 3 is 2.83 bits per heavy atom. The average molecular weight is 324 g/mol. The van der Waals surface area contributed by atoms with Gasteiger partial charge in [0.1, 0.15) is 17.0 Å². The molecule has 0 spiro atoms. The standard InChI is InChI=1S/C19H20N2O3/c1-11-6-7-14-13(3)18(23-17(14)9-11)19(22)21-8-4-5-16(21)15-10-12(2)24-20-15/h6-7,9-10,16H,4-5,8H2,1-3H3/t16-/m1/s1. The van der Waals surface area contributed by atoms with E-state index in [1.54, 1.807) is 0 Å². The van der Waals surface area contributed by atoms with Crippen molar-refractivity contribution in [1.29, 1.82) is 0 Å². The van der Waals surface area contributed by atoms with Crippen LogP contribution in [-0.4, -0.2) is 22.5 Å². The zero-order valence-corrected chi connectivity index (χ0v) is 14.1. The van der Waals surface area contributed by atoms with Gasteiger partial charge in [-0.15, -0.1) is 0 Å². The lowest BCUT2D eigenvalue weighted by Gasteiger charge is -2.22. The number of carbonyl (C=O) groups excluding carboxylic acids is 1. The van der Waals surface area contributed by atoms with Gasteiger partial charge in [0, 0.05) is 23.6 Å². The molecule has 5 heteroatoms. The van der Waals surface area contributed by atoms with Gasteiger partial charge in [0.25, 0.3) is 5.91 Å². The molecule has 24 heavy (non-hydrogen) atoms. The summed E-state index contributed by atoms with van der Waals surface area (Å²) in [5.41, 5.74) is 3.61. The van der Waals surface area contributed by atoms with Crippen LogP contribution >= 0.6 is 0 Å². The molecule has 0 saturated carbocycles. The number of carbonyl (C=O) groups is 1. The van der Waals surface area contributed by atoms with Gasteiger partial charge in [-0.2, -0.15) is 0 Å². The molecular formula is C19H20N2O3. The number of nitrogens with zero attached hydrogens (tertiary/aromatic N) is 2. The number of furan rings is 1. The number of hydrogen-bond acceptors (Lipinski definition) is 4. The third kappa shape index (κ3) is 2.31. The lowest BCUT2D eigenvalue weighted by atomic mass is 10.1. The highest BCUT2D eigenvalue weighted by Crippen LogP contribution is 2.35. The third-order valence-corrected chi connectivity index (χ3v) is 4.79. The van der Waals surface area contributed by atoms with Gasteiger partial charge in [-0.05, 0) is 45.2 Å². The number of aromatic nitrogens is 1. The van der Waals surface area contributed by atoms with Gasteiger partial charge >= 0.3 is 0 Å². The summed E-state index contributed by atoms with van der Waals surface area (Å²) in [6.45, 7) is 6.54. The number of aryl methyl sites for hydroxylation is 3. The largest absolute Gasteiger partial charge is 0.451 e. The van der Waals surface area contributed by atoms with Crippen molar-refractivity contribution in [2.24, 2.45) is 0 Å². The first-order chi connectivity index (χ1) is 11.5. The minimum absolute atomic E-state index is 0.0377. The normalized spacial score (nSPS) is 17.8. The van der Waals surface area contributed by atoms with Crippen LogP contribution in [0.3, 0.4) is 0 Å². The minimum atomic E-state index is -0.0653. The van der Waals surface area contributed by atoms with Crippen molar-refractivity contribution < 1.29 is 13.7 Å². The smallest absolute Gasteiger partial charge is 0.290 e. The Morgan fingerprint density at radius 1 is 1.25 bits per heavy atom. The van der Waals surface area contributed by atoms with Crippen molar-refractivity contribution in [2.45, 2.75) is 39.7 Å². The highest BCUT2D eigenvalue weighted by molar-refractivity contribution is 5.99. The molecule has 3 heterocycles. The molecule has 4 rings (SSSR count). The van der Waals surface area contributed by atoms with Crippen molar-refractivity contribution in [2.75, 3.05) is 6.54 Å². The summed E-state index contributed by atoms with van der Waals surface area (Å²) in [6.07, 6.45) is 1.86. The van der Waals surface area contributed by atoms with Crippen LogP contribution in [0.5, 0.6) is 0 Å². The molecule has 1 aromatic carbocycles. The van der Waals surface area contributed by atoms with E-state index in [1.807, 2.05) is 49.9 Å².